The molecule has 2 fully saturated rings. The van der Waals surface area contributed by atoms with E-state index in [1.807, 2.05) is 42.0 Å². The third-order valence-electron chi connectivity index (χ3n) is 6.95. The van der Waals surface area contributed by atoms with Crippen LogP contribution < -0.4 is 4.74 Å². The number of hydrogen-bond acceptors (Lipinski definition) is 6. The van der Waals surface area contributed by atoms with Gasteiger partial charge in [-0.1, -0.05) is 12.1 Å². The number of likely N-dealkylation sites (tertiary alicyclic amines) is 1. The molecule has 2 saturated heterocycles. The molecule has 0 aliphatic carbocycles. The van der Waals surface area contributed by atoms with Crippen molar-refractivity contribution in [3.63, 3.8) is 0 Å². The lowest BCUT2D eigenvalue weighted by atomic mass is 10.1. The molecule has 0 atom stereocenters. The van der Waals surface area contributed by atoms with Crippen LogP contribution in [0.2, 0.25) is 0 Å². The molecule has 0 bridgehead atoms. The number of aromatic nitrogens is 2. The molecule has 0 unspecified atom stereocenters. The van der Waals surface area contributed by atoms with Crippen molar-refractivity contribution in [1.29, 1.82) is 0 Å². The Labute approximate surface area is 211 Å². The lowest BCUT2D eigenvalue weighted by Gasteiger charge is -2.34. The minimum Gasteiger partial charge on any atom is -0.490 e. The largest absolute Gasteiger partial charge is 0.490 e. The van der Waals surface area contributed by atoms with Gasteiger partial charge in [-0.2, -0.15) is 5.10 Å². The molecule has 3 aromatic rings. The summed E-state index contributed by atoms with van der Waals surface area (Å²) in [5.41, 5.74) is 2.67. The molecule has 0 N–H and O–H groups in total. The Hall–Kier alpha value is -3.59. The topological polar surface area (TPSA) is 84.0 Å². The molecule has 2 aromatic heterocycles. The van der Waals surface area contributed by atoms with E-state index in [4.69, 9.17) is 9.15 Å². The standard InChI is InChI=1S/C27H33N5O4/c1-20-17-24(29(2)28-20)26(33)31-10-8-22(9-11-31)36-23-6-3-5-21(18-23)19-30-12-14-32(15-13-30)27(34)25-7-4-16-35-25/h3-7,16-18,22H,8-15,19H2,1-2H3. The molecule has 2 aliphatic heterocycles. The second kappa shape index (κ2) is 10.6. The quantitative estimate of drug-likeness (QED) is 0.527. The van der Waals surface area contributed by atoms with Gasteiger partial charge >= 0.3 is 0 Å². The number of hydrogen-bond donors (Lipinski definition) is 0. The van der Waals surface area contributed by atoms with Gasteiger partial charge in [0.25, 0.3) is 11.8 Å². The molecular formula is C27H33N5O4. The maximum Gasteiger partial charge on any atom is 0.289 e. The van der Waals surface area contributed by atoms with Crippen molar-refractivity contribution in [1.82, 2.24) is 24.5 Å². The van der Waals surface area contributed by atoms with E-state index in [9.17, 15) is 9.59 Å². The number of piperidine rings is 1. The lowest BCUT2D eigenvalue weighted by Crippen LogP contribution is -2.48. The van der Waals surface area contributed by atoms with E-state index < -0.39 is 0 Å². The van der Waals surface area contributed by atoms with Crippen molar-refractivity contribution in [2.75, 3.05) is 39.3 Å². The Morgan fingerprint density at radius 2 is 1.72 bits per heavy atom. The summed E-state index contributed by atoms with van der Waals surface area (Å²) >= 11 is 0. The van der Waals surface area contributed by atoms with Crippen LogP contribution in [0.1, 0.15) is 45.1 Å². The minimum absolute atomic E-state index is 0.0319. The average Bonchev–Trinajstić information content (AvgIpc) is 3.54. The fraction of sp³-hybridized carbons (Fsp3) is 0.444. The Morgan fingerprint density at radius 3 is 2.39 bits per heavy atom. The van der Waals surface area contributed by atoms with Crippen molar-refractivity contribution in [3.8, 4) is 5.75 Å². The zero-order chi connectivity index (χ0) is 25.1. The van der Waals surface area contributed by atoms with Crippen molar-refractivity contribution < 1.29 is 18.7 Å². The average molecular weight is 492 g/mol. The second-order valence-electron chi connectivity index (χ2n) is 9.60. The van der Waals surface area contributed by atoms with E-state index >= 15 is 0 Å². The van der Waals surface area contributed by atoms with Gasteiger partial charge in [-0.25, -0.2) is 0 Å². The van der Waals surface area contributed by atoms with Gasteiger partial charge in [0.2, 0.25) is 0 Å². The summed E-state index contributed by atoms with van der Waals surface area (Å²) in [7, 11) is 1.81. The minimum atomic E-state index is -0.0433. The number of piperazine rings is 1. The van der Waals surface area contributed by atoms with Gasteiger partial charge in [-0.3, -0.25) is 19.2 Å². The molecule has 9 heteroatoms. The van der Waals surface area contributed by atoms with Gasteiger partial charge in [0.05, 0.1) is 12.0 Å². The highest BCUT2D eigenvalue weighted by atomic mass is 16.5. The van der Waals surface area contributed by atoms with Gasteiger partial charge in [-0.15, -0.1) is 0 Å². The molecule has 4 heterocycles. The van der Waals surface area contributed by atoms with E-state index in [0.29, 0.717) is 37.6 Å². The normalized spacial score (nSPS) is 17.4. The first-order valence-electron chi connectivity index (χ1n) is 12.6. The molecule has 2 amide bonds. The fourth-order valence-electron chi connectivity index (χ4n) is 4.98. The number of ether oxygens (including phenoxy) is 1. The zero-order valence-electron chi connectivity index (χ0n) is 20.9. The van der Waals surface area contributed by atoms with Crippen LogP contribution in [0.15, 0.2) is 53.1 Å². The summed E-state index contributed by atoms with van der Waals surface area (Å²) in [6.45, 7) is 7.07. The number of carbonyl (C=O) groups excluding carboxylic acids is 2. The van der Waals surface area contributed by atoms with E-state index in [2.05, 4.69) is 22.1 Å². The van der Waals surface area contributed by atoms with Gasteiger partial charge in [-0.05, 0) is 42.8 Å². The predicted molar refractivity (Wildman–Crippen MR) is 134 cm³/mol. The maximum absolute atomic E-state index is 12.8. The summed E-state index contributed by atoms with van der Waals surface area (Å²) in [5, 5.41) is 4.29. The van der Waals surface area contributed by atoms with Gasteiger partial charge < -0.3 is 19.0 Å². The number of furan rings is 1. The van der Waals surface area contributed by atoms with Crippen molar-refractivity contribution in [2.45, 2.75) is 32.4 Å². The zero-order valence-corrected chi connectivity index (χ0v) is 20.9. The second-order valence-corrected chi connectivity index (χ2v) is 9.60. The van der Waals surface area contributed by atoms with Gasteiger partial charge in [0.1, 0.15) is 17.5 Å². The Balaban J connectivity index is 1.09. The number of aryl methyl sites for hydroxylation is 2. The third kappa shape index (κ3) is 5.46. The summed E-state index contributed by atoms with van der Waals surface area (Å²) in [4.78, 5) is 31.4. The van der Waals surface area contributed by atoms with E-state index in [0.717, 1.165) is 43.9 Å². The van der Waals surface area contributed by atoms with Gasteiger partial charge in [0.15, 0.2) is 5.76 Å². The van der Waals surface area contributed by atoms with Crippen molar-refractivity contribution >= 4 is 11.8 Å². The fourth-order valence-corrected chi connectivity index (χ4v) is 4.98. The van der Waals surface area contributed by atoms with E-state index in [1.165, 1.54) is 11.8 Å². The number of rotatable bonds is 6. The maximum atomic E-state index is 12.8. The molecule has 0 saturated carbocycles. The molecule has 190 valence electrons. The first-order chi connectivity index (χ1) is 17.5. The van der Waals surface area contributed by atoms with Crippen LogP contribution in [0.4, 0.5) is 0 Å². The molecule has 36 heavy (non-hydrogen) atoms. The van der Waals surface area contributed by atoms with Crippen LogP contribution in [-0.4, -0.2) is 81.7 Å². The van der Waals surface area contributed by atoms with Crippen LogP contribution in [0.5, 0.6) is 5.75 Å². The molecular weight excluding hydrogens is 458 g/mol. The number of nitrogens with zero attached hydrogens (tertiary/aromatic N) is 5. The molecule has 9 nitrogen and oxygen atoms in total. The van der Waals surface area contributed by atoms with Crippen LogP contribution >= 0.6 is 0 Å². The molecule has 2 aliphatic rings. The summed E-state index contributed by atoms with van der Waals surface area (Å²) in [6.07, 6.45) is 3.23. The van der Waals surface area contributed by atoms with E-state index in [1.54, 1.807) is 16.8 Å². The summed E-state index contributed by atoms with van der Waals surface area (Å²) < 4.78 is 13.2. The first kappa shape index (κ1) is 24.1. The van der Waals surface area contributed by atoms with Crippen LogP contribution in [0, 0.1) is 6.92 Å². The smallest absolute Gasteiger partial charge is 0.289 e. The summed E-state index contributed by atoms with van der Waals surface area (Å²) in [6, 6.07) is 13.5. The van der Waals surface area contributed by atoms with Crippen molar-refractivity contribution in [2.24, 2.45) is 7.05 Å². The molecule has 5 rings (SSSR count). The van der Waals surface area contributed by atoms with Gasteiger partial charge in [0, 0.05) is 65.7 Å². The van der Waals surface area contributed by atoms with E-state index in [-0.39, 0.29) is 17.9 Å². The summed E-state index contributed by atoms with van der Waals surface area (Å²) in [5.74, 6) is 1.25. The Bertz CT molecular complexity index is 1190. The molecule has 0 spiro atoms. The Kier molecular flexibility index (Phi) is 7.09. The van der Waals surface area contributed by atoms with Crippen LogP contribution in [-0.2, 0) is 13.6 Å². The Morgan fingerprint density at radius 1 is 0.972 bits per heavy atom. The first-order valence-corrected chi connectivity index (χ1v) is 12.6. The van der Waals surface area contributed by atoms with Crippen LogP contribution in [0.3, 0.4) is 0 Å². The monoisotopic (exact) mass is 491 g/mol. The van der Waals surface area contributed by atoms with Crippen molar-refractivity contribution in [3.05, 3.63) is 71.4 Å². The predicted octanol–water partition coefficient (Wildman–Crippen LogP) is 2.96. The lowest BCUT2D eigenvalue weighted by molar-refractivity contribution is 0.0585. The molecule has 1 aromatic carbocycles. The number of carbonyl (C=O) groups is 2. The highest BCUT2D eigenvalue weighted by Gasteiger charge is 2.27. The highest BCUT2D eigenvalue weighted by molar-refractivity contribution is 5.93. The van der Waals surface area contributed by atoms with Crippen LogP contribution in [0.25, 0.3) is 0 Å². The highest BCUT2D eigenvalue weighted by Crippen LogP contribution is 2.22. The molecule has 0 radical (unpaired) electrons. The number of benzene rings is 1. The number of amides is 2. The third-order valence-corrected chi connectivity index (χ3v) is 6.95. The SMILES string of the molecule is Cc1cc(C(=O)N2CCC(Oc3cccc(CN4CCN(C(=O)c5ccco5)CC4)c3)CC2)n(C)n1.